The minimum absolute atomic E-state index is 0.414. The molecule has 0 radical (unpaired) electrons. The summed E-state index contributed by atoms with van der Waals surface area (Å²) in [5, 5.41) is 2.42. The van der Waals surface area contributed by atoms with Crippen LogP contribution in [-0.4, -0.2) is 9.97 Å². The van der Waals surface area contributed by atoms with Crippen molar-refractivity contribution in [3.05, 3.63) is 60.4 Å². The van der Waals surface area contributed by atoms with Gasteiger partial charge in [0.25, 0.3) is 0 Å². The van der Waals surface area contributed by atoms with Crippen LogP contribution < -0.4 is 0 Å². The van der Waals surface area contributed by atoms with Crippen LogP contribution in [0.1, 0.15) is 25.5 Å². The third kappa shape index (κ3) is 2.22. The third-order valence-corrected chi connectivity index (χ3v) is 3.30. The van der Waals surface area contributed by atoms with Crippen LogP contribution in [-0.2, 0) is 0 Å². The molecule has 0 amide bonds. The van der Waals surface area contributed by atoms with Crippen LogP contribution in [0, 0.1) is 0 Å². The molecule has 0 N–H and O–H groups in total. The highest BCUT2D eigenvalue weighted by Gasteiger charge is 2.08. The van der Waals surface area contributed by atoms with Crippen molar-refractivity contribution in [3.8, 4) is 11.4 Å². The molecule has 0 fully saturated rings. The van der Waals surface area contributed by atoms with Crippen molar-refractivity contribution >= 4 is 10.8 Å². The molecule has 2 aromatic carbocycles. The SMILES string of the molecule is CC(C)c1ccnc(-c2cccc3ccccc23)n1. The summed E-state index contributed by atoms with van der Waals surface area (Å²) >= 11 is 0. The van der Waals surface area contributed by atoms with Crippen molar-refractivity contribution in [2.45, 2.75) is 19.8 Å². The molecule has 0 aliphatic carbocycles. The van der Waals surface area contributed by atoms with Crippen molar-refractivity contribution in [3.63, 3.8) is 0 Å². The second kappa shape index (κ2) is 4.81. The van der Waals surface area contributed by atoms with Gasteiger partial charge in [-0.3, -0.25) is 0 Å². The predicted molar refractivity (Wildman–Crippen MR) is 79.1 cm³/mol. The van der Waals surface area contributed by atoms with Crippen LogP contribution in [0.15, 0.2) is 54.7 Å². The van der Waals surface area contributed by atoms with E-state index < -0.39 is 0 Å². The van der Waals surface area contributed by atoms with Crippen LogP contribution >= 0.6 is 0 Å². The van der Waals surface area contributed by atoms with Crippen LogP contribution in [0.5, 0.6) is 0 Å². The Bertz CT molecular complexity index is 712. The van der Waals surface area contributed by atoms with Crippen LogP contribution in [0.4, 0.5) is 0 Å². The van der Waals surface area contributed by atoms with Gasteiger partial charge in [-0.25, -0.2) is 9.97 Å². The summed E-state index contributed by atoms with van der Waals surface area (Å²) in [7, 11) is 0. The largest absolute Gasteiger partial charge is 0.237 e. The lowest BCUT2D eigenvalue weighted by Gasteiger charge is -2.08. The zero-order chi connectivity index (χ0) is 13.2. The van der Waals surface area contributed by atoms with Gasteiger partial charge < -0.3 is 0 Å². The maximum absolute atomic E-state index is 4.68. The first-order chi connectivity index (χ1) is 9.25. The molecule has 3 aromatic rings. The highest BCUT2D eigenvalue weighted by atomic mass is 14.9. The molecule has 1 aromatic heterocycles. The van der Waals surface area contributed by atoms with Gasteiger partial charge >= 0.3 is 0 Å². The molecule has 3 rings (SSSR count). The van der Waals surface area contributed by atoms with Gasteiger partial charge in [0.15, 0.2) is 5.82 Å². The van der Waals surface area contributed by atoms with E-state index in [2.05, 4.69) is 66.3 Å². The lowest BCUT2D eigenvalue weighted by molar-refractivity contribution is 0.817. The summed E-state index contributed by atoms with van der Waals surface area (Å²) in [6.45, 7) is 4.30. The van der Waals surface area contributed by atoms with Gasteiger partial charge in [-0.15, -0.1) is 0 Å². The molecule has 0 saturated heterocycles. The van der Waals surface area contributed by atoms with Gasteiger partial charge in [0.1, 0.15) is 0 Å². The molecule has 0 spiro atoms. The number of benzene rings is 2. The summed E-state index contributed by atoms with van der Waals surface area (Å²) in [4.78, 5) is 9.11. The Labute approximate surface area is 113 Å². The van der Waals surface area contributed by atoms with Crippen molar-refractivity contribution in [2.75, 3.05) is 0 Å². The van der Waals surface area contributed by atoms with Gasteiger partial charge in [-0.1, -0.05) is 56.3 Å². The topological polar surface area (TPSA) is 25.8 Å². The van der Waals surface area contributed by atoms with Crippen LogP contribution in [0.3, 0.4) is 0 Å². The third-order valence-electron chi connectivity index (χ3n) is 3.30. The highest BCUT2D eigenvalue weighted by Crippen LogP contribution is 2.26. The monoisotopic (exact) mass is 248 g/mol. The quantitative estimate of drug-likeness (QED) is 0.671. The van der Waals surface area contributed by atoms with E-state index in [4.69, 9.17) is 0 Å². The normalized spacial score (nSPS) is 11.1. The average Bonchev–Trinajstić information content (AvgIpc) is 2.47. The van der Waals surface area contributed by atoms with E-state index in [1.165, 1.54) is 10.8 Å². The zero-order valence-electron chi connectivity index (χ0n) is 11.2. The first kappa shape index (κ1) is 11.8. The van der Waals surface area contributed by atoms with Gasteiger partial charge in [0.05, 0.1) is 0 Å². The Hall–Kier alpha value is -2.22. The summed E-state index contributed by atoms with van der Waals surface area (Å²) in [5.41, 5.74) is 2.18. The second-order valence-electron chi connectivity index (χ2n) is 4.99. The number of fused-ring (bicyclic) bond motifs is 1. The Kier molecular flexibility index (Phi) is 3.00. The molecule has 0 atom stereocenters. The number of rotatable bonds is 2. The van der Waals surface area contributed by atoms with E-state index in [-0.39, 0.29) is 0 Å². The fraction of sp³-hybridized carbons (Fsp3) is 0.176. The molecular formula is C17H16N2. The lowest BCUT2D eigenvalue weighted by Crippen LogP contribution is -1.97. The molecule has 19 heavy (non-hydrogen) atoms. The minimum Gasteiger partial charge on any atom is -0.237 e. The predicted octanol–water partition coefficient (Wildman–Crippen LogP) is 4.42. The van der Waals surface area contributed by atoms with Crippen molar-refractivity contribution in [2.24, 2.45) is 0 Å². The van der Waals surface area contributed by atoms with E-state index in [0.717, 1.165) is 17.1 Å². The molecular weight excluding hydrogens is 232 g/mol. The average molecular weight is 248 g/mol. The molecule has 0 unspecified atom stereocenters. The van der Waals surface area contributed by atoms with Gasteiger partial charge in [-0.2, -0.15) is 0 Å². The van der Waals surface area contributed by atoms with Gasteiger partial charge in [0, 0.05) is 17.5 Å². The Morgan fingerprint density at radius 2 is 1.68 bits per heavy atom. The molecule has 0 aliphatic rings. The zero-order valence-corrected chi connectivity index (χ0v) is 11.2. The Balaban J connectivity index is 2.22. The molecule has 94 valence electrons. The Morgan fingerprint density at radius 3 is 2.53 bits per heavy atom. The second-order valence-corrected chi connectivity index (χ2v) is 4.99. The van der Waals surface area contributed by atoms with E-state index in [1.54, 1.807) is 0 Å². The van der Waals surface area contributed by atoms with Crippen LogP contribution in [0.2, 0.25) is 0 Å². The van der Waals surface area contributed by atoms with Crippen LogP contribution in [0.25, 0.3) is 22.2 Å². The van der Waals surface area contributed by atoms with Gasteiger partial charge in [0.2, 0.25) is 0 Å². The molecule has 0 saturated carbocycles. The summed E-state index contributed by atoms with van der Waals surface area (Å²) in [5.74, 6) is 1.22. The highest BCUT2D eigenvalue weighted by molar-refractivity contribution is 5.94. The molecule has 0 aliphatic heterocycles. The van der Waals surface area contributed by atoms with Crippen molar-refractivity contribution in [1.29, 1.82) is 0 Å². The summed E-state index contributed by atoms with van der Waals surface area (Å²) in [6, 6.07) is 16.6. The van der Waals surface area contributed by atoms with Crippen molar-refractivity contribution in [1.82, 2.24) is 9.97 Å². The van der Waals surface area contributed by atoms with E-state index in [9.17, 15) is 0 Å². The fourth-order valence-corrected chi connectivity index (χ4v) is 2.24. The maximum Gasteiger partial charge on any atom is 0.159 e. The summed E-state index contributed by atoms with van der Waals surface area (Å²) < 4.78 is 0. The molecule has 2 heteroatoms. The first-order valence-corrected chi connectivity index (χ1v) is 6.57. The lowest BCUT2D eigenvalue weighted by atomic mass is 10.0. The van der Waals surface area contributed by atoms with E-state index in [1.807, 2.05) is 12.3 Å². The minimum atomic E-state index is 0.414. The number of hydrogen-bond donors (Lipinski definition) is 0. The smallest absolute Gasteiger partial charge is 0.159 e. The number of nitrogens with zero attached hydrogens (tertiary/aromatic N) is 2. The Morgan fingerprint density at radius 1 is 0.895 bits per heavy atom. The van der Waals surface area contributed by atoms with Gasteiger partial charge in [-0.05, 0) is 22.8 Å². The standard InChI is InChI=1S/C17H16N2/c1-12(2)16-10-11-18-17(19-16)15-9-5-7-13-6-3-4-8-14(13)15/h3-12H,1-2H3. The number of aromatic nitrogens is 2. The first-order valence-electron chi connectivity index (χ1n) is 6.57. The number of hydrogen-bond acceptors (Lipinski definition) is 2. The molecule has 2 nitrogen and oxygen atoms in total. The fourth-order valence-electron chi connectivity index (χ4n) is 2.24. The summed E-state index contributed by atoms with van der Waals surface area (Å²) in [6.07, 6.45) is 1.85. The molecule has 1 heterocycles. The maximum atomic E-state index is 4.68. The van der Waals surface area contributed by atoms with E-state index >= 15 is 0 Å². The van der Waals surface area contributed by atoms with Crippen molar-refractivity contribution < 1.29 is 0 Å². The molecule has 0 bridgehead atoms. The van der Waals surface area contributed by atoms with E-state index in [0.29, 0.717) is 5.92 Å².